The molecule has 3 unspecified atom stereocenters. The van der Waals surface area contributed by atoms with E-state index in [0.717, 1.165) is 19.3 Å². The highest BCUT2D eigenvalue weighted by atomic mass is 19.4. The molecule has 1 aliphatic rings. The minimum Gasteiger partial charge on any atom is -0.468 e. The van der Waals surface area contributed by atoms with E-state index in [1.54, 1.807) is 44.2 Å². The average Bonchev–Trinajstić information content (AvgIpc) is 2.63. The third-order valence-corrected chi connectivity index (χ3v) is 4.66. The zero-order chi connectivity index (χ0) is 21.8. The first-order chi connectivity index (χ1) is 13.5. The Morgan fingerprint density at radius 3 is 2.34 bits per heavy atom. The summed E-state index contributed by atoms with van der Waals surface area (Å²) >= 11 is 0. The van der Waals surface area contributed by atoms with Crippen molar-refractivity contribution < 1.29 is 32.2 Å². The molecule has 0 radical (unpaired) electrons. The molecule has 0 aliphatic heterocycles. The number of carbonyl (C=O) groups excluding carboxylic acids is 1. The van der Waals surface area contributed by atoms with Crippen LogP contribution in [-0.4, -0.2) is 42.3 Å². The van der Waals surface area contributed by atoms with E-state index in [4.69, 9.17) is 0 Å². The number of rotatable bonds is 7. The summed E-state index contributed by atoms with van der Waals surface area (Å²) in [5.74, 6) is -3.89. The summed E-state index contributed by atoms with van der Waals surface area (Å²) in [5.41, 5.74) is -0.147. The van der Waals surface area contributed by atoms with Gasteiger partial charge in [-0.05, 0) is 23.5 Å². The van der Waals surface area contributed by atoms with Crippen LogP contribution in [-0.2, 0) is 9.53 Å². The molecule has 2 rings (SSSR count). The van der Waals surface area contributed by atoms with E-state index >= 15 is 0 Å². The summed E-state index contributed by atoms with van der Waals surface area (Å²) in [5, 5.41) is 12.5. The van der Waals surface area contributed by atoms with Gasteiger partial charge in [-0.3, -0.25) is 10.1 Å². The number of esters is 1. The third kappa shape index (κ3) is 5.90. The van der Waals surface area contributed by atoms with Gasteiger partial charge in [-0.2, -0.15) is 13.2 Å². The molecule has 0 heterocycles. The van der Waals surface area contributed by atoms with Gasteiger partial charge in [0.25, 0.3) is 0 Å². The zero-order valence-electron chi connectivity index (χ0n) is 16.5. The smallest absolute Gasteiger partial charge is 0.407 e. The highest BCUT2D eigenvalue weighted by molar-refractivity contribution is 5.76. The van der Waals surface area contributed by atoms with Gasteiger partial charge in [0.2, 0.25) is 5.85 Å². The van der Waals surface area contributed by atoms with Crippen LogP contribution in [0.2, 0.25) is 0 Å². The molecular weight excluding hydrogens is 390 g/mol. The standard InChI is InChI=1S/C21H25F4NO3/c1-13(2)11-17(19(27)29-3)26-18(21(23,24)25)15-9-10-16(20(22,28)12-15)14-7-5-4-6-8-14/h4-10,13,17-18,26,28H,11-12H2,1-3H3. The van der Waals surface area contributed by atoms with Crippen LogP contribution in [0.3, 0.4) is 0 Å². The van der Waals surface area contributed by atoms with Gasteiger partial charge in [0, 0.05) is 12.0 Å². The van der Waals surface area contributed by atoms with E-state index in [-0.39, 0.29) is 17.9 Å². The van der Waals surface area contributed by atoms with Crippen molar-refractivity contribution in [3.8, 4) is 0 Å². The first kappa shape index (κ1) is 23.1. The van der Waals surface area contributed by atoms with Gasteiger partial charge in [-0.1, -0.05) is 56.3 Å². The molecule has 1 aromatic carbocycles. The molecule has 2 N–H and O–H groups in total. The van der Waals surface area contributed by atoms with Crippen molar-refractivity contribution >= 4 is 11.5 Å². The molecule has 0 fully saturated rings. The number of benzene rings is 1. The Labute approximate surface area is 167 Å². The Bertz CT molecular complexity index is 770. The summed E-state index contributed by atoms with van der Waals surface area (Å²) < 4.78 is 60.8. The maximum absolute atomic E-state index is 15.0. The average molecular weight is 415 g/mol. The Morgan fingerprint density at radius 2 is 1.86 bits per heavy atom. The zero-order valence-corrected chi connectivity index (χ0v) is 16.5. The Hall–Kier alpha value is -2.19. The Balaban J connectivity index is 2.39. The molecule has 0 spiro atoms. The molecule has 8 heteroatoms. The van der Waals surface area contributed by atoms with E-state index in [9.17, 15) is 27.5 Å². The predicted molar refractivity (Wildman–Crippen MR) is 101 cm³/mol. The fourth-order valence-electron chi connectivity index (χ4n) is 3.34. The highest BCUT2D eigenvalue weighted by Crippen LogP contribution is 2.41. The molecule has 0 bridgehead atoms. The lowest BCUT2D eigenvalue weighted by molar-refractivity contribution is -0.158. The lowest BCUT2D eigenvalue weighted by Crippen LogP contribution is -2.53. The predicted octanol–water partition coefficient (Wildman–Crippen LogP) is 4.17. The molecule has 1 aliphatic carbocycles. The van der Waals surface area contributed by atoms with E-state index in [1.807, 2.05) is 0 Å². The topological polar surface area (TPSA) is 58.6 Å². The summed E-state index contributed by atoms with van der Waals surface area (Å²) in [4.78, 5) is 12.0. The summed E-state index contributed by atoms with van der Waals surface area (Å²) in [7, 11) is 1.09. The van der Waals surface area contributed by atoms with Crippen LogP contribution in [0.1, 0.15) is 32.3 Å². The van der Waals surface area contributed by atoms with E-state index < -0.39 is 42.1 Å². The maximum Gasteiger partial charge on any atom is 0.407 e. The molecule has 0 amide bonds. The van der Waals surface area contributed by atoms with Gasteiger partial charge in [-0.15, -0.1) is 0 Å². The Morgan fingerprint density at radius 1 is 1.24 bits per heavy atom. The second-order valence-electron chi connectivity index (χ2n) is 7.47. The number of carbonyl (C=O) groups is 1. The van der Waals surface area contributed by atoms with Gasteiger partial charge in [0.1, 0.15) is 12.1 Å². The first-order valence-corrected chi connectivity index (χ1v) is 9.24. The van der Waals surface area contributed by atoms with Gasteiger partial charge in [0.05, 0.1) is 7.11 Å². The number of ether oxygens (including phenoxy) is 1. The van der Waals surface area contributed by atoms with Crippen molar-refractivity contribution in [2.24, 2.45) is 5.92 Å². The van der Waals surface area contributed by atoms with Crippen molar-refractivity contribution in [3.05, 3.63) is 53.6 Å². The number of hydrogen-bond donors (Lipinski definition) is 2. The lowest BCUT2D eigenvalue weighted by atomic mass is 9.85. The van der Waals surface area contributed by atoms with Crippen LogP contribution in [0.4, 0.5) is 17.6 Å². The second kappa shape index (κ2) is 9.09. The first-order valence-electron chi connectivity index (χ1n) is 9.24. The van der Waals surface area contributed by atoms with Crippen molar-refractivity contribution in [2.45, 2.75) is 50.8 Å². The molecule has 0 aromatic heterocycles. The summed E-state index contributed by atoms with van der Waals surface area (Å²) in [6.45, 7) is 3.52. The molecule has 0 saturated carbocycles. The van der Waals surface area contributed by atoms with E-state index in [2.05, 4.69) is 10.1 Å². The van der Waals surface area contributed by atoms with Crippen LogP contribution >= 0.6 is 0 Å². The fraction of sp³-hybridized carbons (Fsp3) is 0.476. The van der Waals surface area contributed by atoms with E-state index in [1.165, 1.54) is 0 Å². The fourth-order valence-corrected chi connectivity index (χ4v) is 3.34. The van der Waals surface area contributed by atoms with Crippen molar-refractivity contribution in [1.82, 2.24) is 5.32 Å². The van der Waals surface area contributed by atoms with Crippen molar-refractivity contribution in [2.75, 3.05) is 7.11 Å². The number of aliphatic hydroxyl groups is 1. The van der Waals surface area contributed by atoms with Crippen LogP contribution < -0.4 is 5.32 Å². The van der Waals surface area contributed by atoms with Crippen LogP contribution in [0.5, 0.6) is 0 Å². The van der Waals surface area contributed by atoms with Gasteiger partial charge < -0.3 is 9.84 Å². The number of alkyl halides is 4. The third-order valence-electron chi connectivity index (χ3n) is 4.66. The van der Waals surface area contributed by atoms with Crippen molar-refractivity contribution in [3.63, 3.8) is 0 Å². The molecule has 29 heavy (non-hydrogen) atoms. The van der Waals surface area contributed by atoms with Crippen molar-refractivity contribution in [1.29, 1.82) is 0 Å². The van der Waals surface area contributed by atoms with Crippen LogP contribution in [0.15, 0.2) is 48.1 Å². The van der Waals surface area contributed by atoms with E-state index in [0.29, 0.717) is 5.56 Å². The van der Waals surface area contributed by atoms with Gasteiger partial charge >= 0.3 is 12.1 Å². The number of nitrogens with one attached hydrogen (secondary N) is 1. The molecule has 4 nitrogen and oxygen atoms in total. The molecular formula is C21H25F4NO3. The Kier molecular flexibility index (Phi) is 7.24. The quantitative estimate of drug-likeness (QED) is 0.519. The van der Waals surface area contributed by atoms with Gasteiger partial charge in [-0.25, -0.2) is 4.39 Å². The minimum absolute atomic E-state index is 0.0801. The maximum atomic E-state index is 15.0. The number of halogens is 4. The molecule has 160 valence electrons. The number of allylic oxidation sites excluding steroid dienone is 2. The molecule has 3 atom stereocenters. The number of hydrogen-bond acceptors (Lipinski definition) is 4. The van der Waals surface area contributed by atoms with Crippen LogP contribution in [0, 0.1) is 5.92 Å². The lowest BCUT2D eigenvalue weighted by Gasteiger charge is -2.33. The van der Waals surface area contributed by atoms with Gasteiger partial charge in [0.15, 0.2) is 0 Å². The molecule has 1 aromatic rings. The number of methoxy groups -OCH3 is 1. The minimum atomic E-state index is -4.80. The molecule has 0 saturated heterocycles. The van der Waals surface area contributed by atoms with Crippen LogP contribution in [0.25, 0.3) is 5.57 Å². The monoisotopic (exact) mass is 415 g/mol. The highest BCUT2D eigenvalue weighted by Gasteiger charge is 2.48. The largest absolute Gasteiger partial charge is 0.468 e. The summed E-state index contributed by atoms with van der Waals surface area (Å²) in [6, 6.07) is 4.57. The summed E-state index contributed by atoms with van der Waals surface area (Å²) in [6.07, 6.45) is -3.28. The SMILES string of the molecule is COC(=O)C(CC(C)C)NC(C1=CC=C(c2ccccc2)C(O)(F)C1)C(F)(F)F. The second-order valence-corrected chi connectivity index (χ2v) is 7.47. The normalized spacial score (nSPS) is 22.0.